The molecule has 0 radical (unpaired) electrons. The van der Waals surface area contributed by atoms with E-state index in [0.717, 1.165) is 44.0 Å². The molecule has 0 unspecified atom stereocenters. The zero-order chi connectivity index (χ0) is 19.8. The van der Waals surface area contributed by atoms with Crippen LogP contribution in [0.3, 0.4) is 0 Å². The number of rotatable bonds is 6. The second kappa shape index (κ2) is 7.89. The molecule has 3 aromatic rings. The first-order chi connectivity index (χ1) is 14.2. The zero-order valence-electron chi connectivity index (χ0n) is 16.8. The highest BCUT2D eigenvalue weighted by atomic mass is 32.1. The molecule has 3 aromatic heterocycles. The van der Waals surface area contributed by atoms with Crippen LogP contribution in [-0.2, 0) is 26.2 Å². The summed E-state index contributed by atoms with van der Waals surface area (Å²) in [6.45, 7) is 5.41. The van der Waals surface area contributed by atoms with E-state index < -0.39 is 0 Å². The SMILES string of the molecule is CN(Cc1ccn[nH]1)Cc1ccc2n(c1=O)C[C@H]1C[C@@H]2CN(Cc2ccsc2)C1. The van der Waals surface area contributed by atoms with Crippen LogP contribution in [0.25, 0.3) is 0 Å². The minimum atomic E-state index is 0.194. The summed E-state index contributed by atoms with van der Waals surface area (Å²) in [5, 5.41) is 11.4. The molecule has 1 fully saturated rings. The fourth-order valence-corrected chi connectivity index (χ4v) is 5.65. The zero-order valence-corrected chi connectivity index (χ0v) is 17.6. The van der Waals surface area contributed by atoms with E-state index in [1.165, 1.54) is 17.7 Å². The van der Waals surface area contributed by atoms with Crippen LogP contribution in [0.2, 0.25) is 0 Å². The summed E-state index contributed by atoms with van der Waals surface area (Å²) >= 11 is 1.77. The van der Waals surface area contributed by atoms with Crippen molar-refractivity contribution in [2.24, 2.45) is 5.92 Å². The average molecular weight is 410 g/mol. The van der Waals surface area contributed by atoms with Gasteiger partial charge in [-0.05, 0) is 53.9 Å². The van der Waals surface area contributed by atoms with E-state index in [0.29, 0.717) is 18.4 Å². The molecule has 152 valence electrons. The highest BCUT2D eigenvalue weighted by Crippen LogP contribution is 2.35. The second-order valence-corrected chi connectivity index (χ2v) is 9.36. The quantitative estimate of drug-likeness (QED) is 0.680. The Kier molecular flexibility index (Phi) is 5.11. The van der Waals surface area contributed by atoms with E-state index in [-0.39, 0.29) is 5.56 Å². The lowest BCUT2D eigenvalue weighted by molar-refractivity contribution is 0.114. The van der Waals surface area contributed by atoms with Gasteiger partial charge >= 0.3 is 0 Å². The first-order valence-electron chi connectivity index (χ1n) is 10.3. The van der Waals surface area contributed by atoms with Crippen LogP contribution in [0.4, 0.5) is 0 Å². The number of hydrogen-bond acceptors (Lipinski definition) is 5. The predicted molar refractivity (Wildman–Crippen MR) is 115 cm³/mol. The molecule has 6 nitrogen and oxygen atoms in total. The number of fused-ring (bicyclic) bond motifs is 4. The molecule has 7 heteroatoms. The molecular weight excluding hydrogens is 382 g/mol. The van der Waals surface area contributed by atoms with Crippen molar-refractivity contribution in [3.8, 4) is 0 Å². The third kappa shape index (κ3) is 3.95. The van der Waals surface area contributed by atoms with Gasteiger partial charge in [0.15, 0.2) is 0 Å². The van der Waals surface area contributed by atoms with E-state index in [2.05, 4.69) is 53.5 Å². The summed E-state index contributed by atoms with van der Waals surface area (Å²) in [5.74, 6) is 1.03. The normalized spacial score (nSPS) is 21.4. The molecule has 0 amide bonds. The first kappa shape index (κ1) is 18.8. The van der Waals surface area contributed by atoms with Crippen LogP contribution < -0.4 is 5.56 Å². The molecule has 1 N–H and O–H groups in total. The van der Waals surface area contributed by atoms with Crippen LogP contribution in [0.15, 0.2) is 46.0 Å². The smallest absolute Gasteiger partial charge is 0.255 e. The largest absolute Gasteiger partial charge is 0.312 e. The number of aromatic nitrogens is 3. The number of nitrogens with zero attached hydrogens (tertiary/aromatic N) is 4. The number of thiophene rings is 1. The molecule has 1 saturated heterocycles. The number of pyridine rings is 1. The molecule has 2 bridgehead atoms. The highest BCUT2D eigenvalue weighted by Gasteiger charge is 2.34. The molecule has 5 rings (SSSR count). The Bertz CT molecular complexity index is 1010. The molecule has 0 saturated carbocycles. The lowest BCUT2D eigenvalue weighted by Gasteiger charge is -2.43. The van der Waals surface area contributed by atoms with Crippen molar-refractivity contribution in [2.45, 2.75) is 38.5 Å². The van der Waals surface area contributed by atoms with Crippen LogP contribution in [0.5, 0.6) is 0 Å². The number of hydrogen-bond donors (Lipinski definition) is 1. The average Bonchev–Trinajstić information content (AvgIpc) is 3.39. The molecule has 29 heavy (non-hydrogen) atoms. The van der Waals surface area contributed by atoms with E-state index in [1.807, 2.05) is 13.1 Å². The number of H-pyrrole nitrogens is 1. The van der Waals surface area contributed by atoms with Gasteiger partial charge in [-0.3, -0.25) is 19.7 Å². The van der Waals surface area contributed by atoms with Gasteiger partial charge in [0.1, 0.15) is 0 Å². The number of nitrogens with one attached hydrogen (secondary N) is 1. The third-order valence-corrected chi connectivity index (χ3v) is 6.92. The van der Waals surface area contributed by atoms with Crippen molar-refractivity contribution in [2.75, 3.05) is 20.1 Å². The summed E-state index contributed by atoms with van der Waals surface area (Å²) in [7, 11) is 2.04. The minimum Gasteiger partial charge on any atom is -0.312 e. The van der Waals surface area contributed by atoms with E-state index in [4.69, 9.17) is 0 Å². The minimum absolute atomic E-state index is 0.194. The molecule has 0 aliphatic carbocycles. The number of piperidine rings is 1. The Balaban J connectivity index is 1.32. The van der Waals surface area contributed by atoms with E-state index in [9.17, 15) is 4.79 Å². The summed E-state index contributed by atoms with van der Waals surface area (Å²) < 4.78 is 2.07. The van der Waals surface area contributed by atoms with Gasteiger partial charge in [0.2, 0.25) is 0 Å². The molecule has 5 heterocycles. The molecule has 0 aromatic carbocycles. The maximum Gasteiger partial charge on any atom is 0.255 e. The van der Waals surface area contributed by atoms with Gasteiger partial charge in [0.05, 0.1) is 0 Å². The van der Waals surface area contributed by atoms with Crippen LogP contribution in [-0.4, -0.2) is 44.7 Å². The van der Waals surface area contributed by atoms with Crippen molar-refractivity contribution >= 4 is 11.3 Å². The summed E-state index contributed by atoms with van der Waals surface area (Å²) in [6, 6.07) is 8.45. The van der Waals surface area contributed by atoms with Gasteiger partial charge in [-0.15, -0.1) is 0 Å². The predicted octanol–water partition coefficient (Wildman–Crippen LogP) is 2.88. The van der Waals surface area contributed by atoms with Gasteiger partial charge < -0.3 is 4.57 Å². The summed E-state index contributed by atoms with van der Waals surface area (Å²) in [5.41, 5.74) is 4.76. The van der Waals surface area contributed by atoms with Crippen LogP contribution >= 0.6 is 11.3 Å². The van der Waals surface area contributed by atoms with Crippen molar-refractivity contribution in [1.82, 2.24) is 24.6 Å². The maximum atomic E-state index is 13.2. The van der Waals surface area contributed by atoms with Crippen molar-refractivity contribution in [3.05, 3.63) is 74.1 Å². The standard InChI is InChI=1S/C22H27N5OS/c1-25(14-20-4-6-23-24-20)12-18-2-3-21-19-8-17(11-27(21)22(18)28)10-26(13-19)9-16-5-7-29-15-16/h2-7,15,17,19H,8-14H2,1H3,(H,23,24)/t17-,19+/m0/s1. The van der Waals surface area contributed by atoms with Gasteiger partial charge in [0, 0.05) is 68.3 Å². The monoisotopic (exact) mass is 409 g/mol. The summed E-state index contributed by atoms with van der Waals surface area (Å²) in [6.07, 6.45) is 2.97. The highest BCUT2D eigenvalue weighted by molar-refractivity contribution is 7.07. The van der Waals surface area contributed by atoms with Crippen LogP contribution in [0, 0.1) is 5.92 Å². The van der Waals surface area contributed by atoms with Crippen LogP contribution in [0.1, 0.15) is 34.9 Å². The first-order valence-corrected chi connectivity index (χ1v) is 11.2. The fraction of sp³-hybridized carbons (Fsp3) is 0.455. The molecule has 2 aliphatic rings. The molecule has 2 atom stereocenters. The Hall–Kier alpha value is -2.22. The lowest BCUT2D eigenvalue weighted by Crippen LogP contribution is -2.47. The van der Waals surface area contributed by atoms with Gasteiger partial charge in [0.25, 0.3) is 5.56 Å². The Morgan fingerprint density at radius 2 is 2.14 bits per heavy atom. The van der Waals surface area contributed by atoms with Gasteiger partial charge in [-0.2, -0.15) is 16.4 Å². The Morgan fingerprint density at radius 3 is 2.93 bits per heavy atom. The Morgan fingerprint density at radius 1 is 1.21 bits per heavy atom. The van der Waals surface area contributed by atoms with Crippen molar-refractivity contribution in [3.63, 3.8) is 0 Å². The lowest BCUT2D eigenvalue weighted by atomic mass is 9.83. The van der Waals surface area contributed by atoms with Crippen molar-refractivity contribution in [1.29, 1.82) is 0 Å². The Labute approximate surface area is 174 Å². The van der Waals surface area contributed by atoms with E-state index in [1.54, 1.807) is 17.5 Å². The fourth-order valence-electron chi connectivity index (χ4n) is 4.99. The number of aromatic amines is 1. The third-order valence-electron chi connectivity index (χ3n) is 6.18. The van der Waals surface area contributed by atoms with Gasteiger partial charge in [-0.1, -0.05) is 6.07 Å². The summed E-state index contributed by atoms with van der Waals surface area (Å²) in [4.78, 5) is 18.0. The molecule has 0 spiro atoms. The van der Waals surface area contributed by atoms with Crippen molar-refractivity contribution < 1.29 is 0 Å². The number of likely N-dealkylation sites (tertiary alicyclic amines) is 1. The molecule has 2 aliphatic heterocycles. The molecular formula is C22H27N5OS. The second-order valence-electron chi connectivity index (χ2n) is 8.58. The topological polar surface area (TPSA) is 57.2 Å². The van der Waals surface area contributed by atoms with E-state index >= 15 is 0 Å². The van der Waals surface area contributed by atoms with Gasteiger partial charge in [-0.25, -0.2) is 0 Å². The maximum absolute atomic E-state index is 13.2.